The zero-order valence-corrected chi connectivity index (χ0v) is 13.5. The van der Waals surface area contributed by atoms with E-state index >= 15 is 0 Å². The van der Waals surface area contributed by atoms with Gasteiger partial charge in [0.2, 0.25) is 0 Å². The first kappa shape index (κ1) is 14.2. The molecule has 0 amide bonds. The molecule has 106 valence electrons. The lowest BCUT2D eigenvalue weighted by molar-refractivity contribution is 0.104. The Kier molecular flexibility index (Phi) is 3.74. The van der Waals surface area contributed by atoms with Crippen molar-refractivity contribution in [2.24, 2.45) is 0 Å². The van der Waals surface area contributed by atoms with Gasteiger partial charge < -0.3 is 9.72 Å². The number of benzene rings is 2. The van der Waals surface area contributed by atoms with E-state index in [9.17, 15) is 4.79 Å². The number of aromatic amines is 1. The Bertz CT molecular complexity index is 841. The molecule has 0 saturated heterocycles. The number of halogens is 2. The predicted octanol–water partition coefficient (Wildman–Crippen LogP) is 4.82. The number of carbonyl (C=O) groups excluding carboxylic acids is 1. The molecule has 0 aliphatic carbocycles. The maximum atomic E-state index is 12.7. The van der Waals surface area contributed by atoms with Gasteiger partial charge in [-0.25, -0.2) is 0 Å². The van der Waals surface area contributed by atoms with Crippen molar-refractivity contribution < 1.29 is 9.53 Å². The third kappa shape index (κ3) is 2.45. The first-order chi connectivity index (χ1) is 10.1. The fourth-order valence-electron chi connectivity index (χ4n) is 2.32. The minimum Gasteiger partial charge on any atom is -0.496 e. The van der Waals surface area contributed by atoms with E-state index in [2.05, 4.69) is 20.9 Å². The number of ether oxygens (including phenoxy) is 1. The highest BCUT2D eigenvalue weighted by Gasteiger charge is 2.19. The number of fused-ring (bicyclic) bond motifs is 1. The highest BCUT2D eigenvalue weighted by molar-refractivity contribution is 9.10. The van der Waals surface area contributed by atoms with Crippen molar-refractivity contribution in [1.29, 1.82) is 0 Å². The molecule has 0 radical (unpaired) electrons. The fraction of sp³-hybridized carbons (Fsp3) is 0.0625. The average Bonchev–Trinajstić information content (AvgIpc) is 2.90. The maximum absolute atomic E-state index is 12.7. The molecule has 0 unspecified atom stereocenters. The van der Waals surface area contributed by atoms with Crippen LogP contribution in [0.3, 0.4) is 0 Å². The molecule has 0 spiro atoms. The largest absolute Gasteiger partial charge is 0.496 e. The van der Waals surface area contributed by atoms with Crippen LogP contribution in [0.5, 0.6) is 5.75 Å². The first-order valence-corrected chi connectivity index (χ1v) is 7.42. The number of rotatable bonds is 3. The zero-order chi connectivity index (χ0) is 15.0. The number of hydrogen-bond donors (Lipinski definition) is 1. The smallest absolute Gasteiger partial charge is 0.196 e. The summed E-state index contributed by atoms with van der Waals surface area (Å²) in [6.45, 7) is 0. The Hall–Kier alpha value is -1.78. The van der Waals surface area contributed by atoms with E-state index in [0.29, 0.717) is 21.9 Å². The molecule has 1 heterocycles. The van der Waals surface area contributed by atoms with E-state index in [0.717, 1.165) is 15.4 Å². The minimum atomic E-state index is -0.136. The van der Waals surface area contributed by atoms with Crippen LogP contribution in [0, 0.1) is 0 Å². The van der Waals surface area contributed by atoms with Gasteiger partial charge in [0.25, 0.3) is 0 Å². The van der Waals surface area contributed by atoms with Crippen molar-refractivity contribution in [3.63, 3.8) is 0 Å². The standard InChI is InChI=1S/C16H11BrClNO2/c1-21-14-4-2-3-13-15(14)11(8-19-13)16(20)10-6-5-9(17)7-12(10)18/h2-8,19H,1H3. The average molecular weight is 365 g/mol. The number of methoxy groups -OCH3 is 1. The minimum absolute atomic E-state index is 0.136. The molecular formula is C16H11BrClNO2. The van der Waals surface area contributed by atoms with Gasteiger partial charge in [0.05, 0.1) is 23.1 Å². The number of aromatic nitrogens is 1. The molecule has 0 aliphatic rings. The molecule has 1 aromatic heterocycles. The van der Waals surface area contributed by atoms with Crippen molar-refractivity contribution in [3.8, 4) is 5.75 Å². The molecule has 2 aromatic carbocycles. The van der Waals surface area contributed by atoms with Crippen LogP contribution in [0.1, 0.15) is 15.9 Å². The van der Waals surface area contributed by atoms with E-state index in [1.165, 1.54) is 0 Å². The van der Waals surface area contributed by atoms with Crippen LogP contribution in [-0.2, 0) is 0 Å². The summed E-state index contributed by atoms with van der Waals surface area (Å²) >= 11 is 9.51. The summed E-state index contributed by atoms with van der Waals surface area (Å²) in [5.74, 6) is 0.522. The van der Waals surface area contributed by atoms with E-state index in [4.69, 9.17) is 16.3 Å². The fourth-order valence-corrected chi connectivity index (χ4v) is 3.08. The molecule has 0 fully saturated rings. The van der Waals surface area contributed by atoms with Crippen LogP contribution < -0.4 is 4.74 Å². The van der Waals surface area contributed by atoms with Crippen molar-refractivity contribution in [1.82, 2.24) is 4.98 Å². The summed E-state index contributed by atoms with van der Waals surface area (Å²) in [4.78, 5) is 15.8. The lowest BCUT2D eigenvalue weighted by Gasteiger charge is -2.06. The van der Waals surface area contributed by atoms with Gasteiger partial charge in [-0.3, -0.25) is 4.79 Å². The summed E-state index contributed by atoms with van der Waals surface area (Å²) in [7, 11) is 1.59. The third-order valence-electron chi connectivity index (χ3n) is 3.31. The second-order valence-corrected chi connectivity index (χ2v) is 5.86. The van der Waals surface area contributed by atoms with Crippen molar-refractivity contribution in [3.05, 3.63) is 63.2 Å². The summed E-state index contributed by atoms with van der Waals surface area (Å²) in [5.41, 5.74) is 1.87. The van der Waals surface area contributed by atoms with Crippen LogP contribution in [0.25, 0.3) is 10.9 Å². The van der Waals surface area contributed by atoms with Gasteiger partial charge >= 0.3 is 0 Å². The number of hydrogen-bond acceptors (Lipinski definition) is 2. The monoisotopic (exact) mass is 363 g/mol. The van der Waals surface area contributed by atoms with E-state index in [1.54, 1.807) is 31.5 Å². The lowest BCUT2D eigenvalue weighted by atomic mass is 10.0. The van der Waals surface area contributed by atoms with Crippen LogP contribution in [0.15, 0.2) is 47.1 Å². The quantitative estimate of drug-likeness (QED) is 0.677. The Morgan fingerprint density at radius 3 is 2.76 bits per heavy atom. The van der Waals surface area contributed by atoms with Crippen LogP contribution in [0.4, 0.5) is 0 Å². The molecule has 0 bridgehead atoms. The number of ketones is 1. The molecule has 3 rings (SSSR count). The molecule has 1 N–H and O–H groups in total. The van der Waals surface area contributed by atoms with Crippen molar-refractivity contribution in [2.75, 3.05) is 7.11 Å². The Balaban J connectivity index is 2.18. The number of nitrogens with one attached hydrogen (secondary N) is 1. The molecule has 5 heteroatoms. The van der Waals surface area contributed by atoms with Gasteiger partial charge in [-0.15, -0.1) is 0 Å². The van der Waals surface area contributed by atoms with Gasteiger partial charge in [-0.2, -0.15) is 0 Å². The molecular weight excluding hydrogens is 354 g/mol. The van der Waals surface area contributed by atoms with Gasteiger partial charge in [-0.1, -0.05) is 33.6 Å². The second kappa shape index (κ2) is 5.54. The summed E-state index contributed by atoms with van der Waals surface area (Å²) < 4.78 is 6.18. The Labute approximate surface area is 135 Å². The van der Waals surface area contributed by atoms with Crippen molar-refractivity contribution >= 4 is 44.2 Å². The SMILES string of the molecule is COc1cccc2[nH]cc(C(=O)c3ccc(Br)cc3Cl)c12. The molecule has 0 aliphatic heterocycles. The number of H-pyrrole nitrogens is 1. The Morgan fingerprint density at radius 2 is 2.05 bits per heavy atom. The van der Waals surface area contributed by atoms with Crippen molar-refractivity contribution in [2.45, 2.75) is 0 Å². The molecule has 0 saturated carbocycles. The summed E-state index contributed by atoms with van der Waals surface area (Å²) in [6, 6.07) is 10.8. The molecule has 0 atom stereocenters. The normalized spacial score (nSPS) is 10.8. The third-order valence-corrected chi connectivity index (χ3v) is 4.11. The van der Waals surface area contributed by atoms with E-state index in [-0.39, 0.29) is 5.78 Å². The summed E-state index contributed by atoms with van der Waals surface area (Å²) in [6.07, 6.45) is 1.69. The van der Waals surface area contributed by atoms with Crippen LogP contribution in [-0.4, -0.2) is 17.9 Å². The second-order valence-electron chi connectivity index (χ2n) is 4.54. The highest BCUT2D eigenvalue weighted by atomic mass is 79.9. The summed E-state index contributed by atoms with van der Waals surface area (Å²) in [5, 5.41) is 1.18. The lowest BCUT2D eigenvalue weighted by Crippen LogP contribution is -2.02. The molecule has 3 nitrogen and oxygen atoms in total. The zero-order valence-electron chi connectivity index (χ0n) is 11.1. The van der Waals surface area contributed by atoms with Gasteiger partial charge in [0.15, 0.2) is 5.78 Å². The Morgan fingerprint density at radius 1 is 1.24 bits per heavy atom. The molecule has 3 aromatic rings. The van der Waals surface area contributed by atoms with Gasteiger partial charge in [0, 0.05) is 21.7 Å². The first-order valence-electron chi connectivity index (χ1n) is 6.25. The van der Waals surface area contributed by atoms with E-state index in [1.807, 2.05) is 18.2 Å². The van der Waals surface area contributed by atoms with Crippen LogP contribution in [0.2, 0.25) is 5.02 Å². The van der Waals surface area contributed by atoms with Gasteiger partial charge in [-0.05, 0) is 30.3 Å². The topological polar surface area (TPSA) is 42.1 Å². The van der Waals surface area contributed by atoms with E-state index < -0.39 is 0 Å². The van der Waals surface area contributed by atoms with Crippen LogP contribution >= 0.6 is 27.5 Å². The predicted molar refractivity (Wildman–Crippen MR) is 87.4 cm³/mol. The molecule has 21 heavy (non-hydrogen) atoms. The number of carbonyl (C=O) groups is 1. The van der Waals surface area contributed by atoms with Gasteiger partial charge in [0.1, 0.15) is 5.75 Å². The maximum Gasteiger partial charge on any atom is 0.196 e. The highest BCUT2D eigenvalue weighted by Crippen LogP contribution is 2.31.